The van der Waals surface area contributed by atoms with E-state index in [1.54, 1.807) is 0 Å². The van der Waals surface area contributed by atoms with Gasteiger partial charge in [-0.05, 0) is 76.3 Å². The Balaban J connectivity index is 0.909. The molecule has 12 rings (SSSR count). The summed E-state index contributed by atoms with van der Waals surface area (Å²) in [6, 6.07) is 71.2. The Hall–Kier alpha value is -7.73. The number of nitrogens with zero attached hydrogens (tertiary/aromatic N) is 4. The number of aromatic nitrogens is 4. The first-order valence-corrected chi connectivity index (χ1v) is 21.0. The zero-order chi connectivity index (χ0) is 39.6. The molecule has 0 saturated heterocycles. The van der Waals surface area contributed by atoms with Crippen molar-refractivity contribution >= 4 is 64.2 Å². The molecule has 5 heteroatoms. The van der Waals surface area contributed by atoms with Crippen LogP contribution in [0.15, 0.2) is 206 Å². The first-order valence-electron chi connectivity index (χ1n) is 20.2. The van der Waals surface area contributed by atoms with Gasteiger partial charge in [0.25, 0.3) is 0 Å². The van der Waals surface area contributed by atoms with Crippen LogP contribution < -0.4 is 0 Å². The van der Waals surface area contributed by atoms with Crippen LogP contribution in [0.1, 0.15) is 0 Å². The molecule has 60 heavy (non-hydrogen) atoms. The SMILES string of the molecule is c1ccc(-c2ccc(-c3ccc(-c4nc(-n5c6ccccc6c6cc(-c7ccc(-c8ccc9sc%10ccccc%10c9c8)cc7)ccc65)nc5ccccc45)cc3)nc2)cc1. The van der Waals surface area contributed by atoms with Crippen molar-refractivity contribution in [2.24, 2.45) is 0 Å². The molecule has 0 saturated carbocycles. The largest absolute Gasteiger partial charge is 0.278 e. The molecule has 0 radical (unpaired) electrons. The van der Waals surface area contributed by atoms with Gasteiger partial charge in [-0.3, -0.25) is 9.55 Å². The lowest BCUT2D eigenvalue weighted by Gasteiger charge is -2.12. The van der Waals surface area contributed by atoms with Crippen LogP contribution >= 0.6 is 11.3 Å². The second-order valence-corrected chi connectivity index (χ2v) is 16.3. The molecule has 0 N–H and O–H groups in total. The monoisotopic (exact) mass is 782 g/mol. The summed E-state index contributed by atoms with van der Waals surface area (Å²) in [6.45, 7) is 0. The highest BCUT2D eigenvalue weighted by atomic mass is 32.1. The van der Waals surface area contributed by atoms with Gasteiger partial charge in [0.05, 0.1) is 27.9 Å². The van der Waals surface area contributed by atoms with Crippen LogP contribution in [0.3, 0.4) is 0 Å². The van der Waals surface area contributed by atoms with Gasteiger partial charge in [0.15, 0.2) is 0 Å². The fraction of sp³-hybridized carbons (Fsp3) is 0. The van der Waals surface area contributed by atoms with Gasteiger partial charge in [-0.25, -0.2) is 9.97 Å². The summed E-state index contributed by atoms with van der Waals surface area (Å²) in [5.41, 5.74) is 14.0. The number of fused-ring (bicyclic) bond motifs is 7. The summed E-state index contributed by atoms with van der Waals surface area (Å²) >= 11 is 1.85. The first-order chi connectivity index (χ1) is 29.7. The highest BCUT2D eigenvalue weighted by Gasteiger charge is 2.18. The third-order valence-corrected chi connectivity index (χ3v) is 12.9. The van der Waals surface area contributed by atoms with E-state index in [4.69, 9.17) is 15.0 Å². The van der Waals surface area contributed by atoms with Gasteiger partial charge in [0.2, 0.25) is 5.95 Å². The third-order valence-electron chi connectivity index (χ3n) is 11.7. The molecule has 0 bridgehead atoms. The summed E-state index contributed by atoms with van der Waals surface area (Å²) in [6.07, 6.45) is 1.95. The van der Waals surface area contributed by atoms with Crippen LogP contribution in [0, 0.1) is 0 Å². The molecule has 0 aliphatic carbocycles. The molecule has 0 spiro atoms. The Morgan fingerprint density at radius 2 is 0.917 bits per heavy atom. The Bertz CT molecular complexity index is 3570. The molecular formula is C55H34N4S. The lowest BCUT2D eigenvalue weighted by Crippen LogP contribution is -2.03. The van der Waals surface area contributed by atoms with Crippen LogP contribution in [-0.2, 0) is 0 Å². The molecule has 0 unspecified atom stereocenters. The highest BCUT2D eigenvalue weighted by molar-refractivity contribution is 7.25. The Labute approximate surface area is 350 Å². The molecule has 280 valence electrons. The molecule has 0 atom stereocenters. The molecular weight excluding hydrogens is 749 g/mol. The third kappa shape index (κ3) is 5.78. The summed E-state index contributed by atoms with van der Waals surface area (Å²) in [7, 11) is 0. The molecule has 4 aromatic heterocycles. The zero-order valence-corrected chi connectivity index (χ0v) is 33.1. The maximum atomic E-state index is 5.35. The van der Waals surface area contributed by atoms with Crippen molar-refractivity contribution in [3.8, 4) is 61.8 Å². The smallest absolute Gasteiger partial charge is 0.235 e. The van der Waals surface area contributed by atoms with Gasteiger partial charge in [-0.15, -0.1) is 11.3 Å². The number of thiophene rings is 1. The van der Waals surface area contributed by atoms with Crippen molar-refractivity contribution in [3.05, 3.63) is 206 Å². The minimum absolute atomic E-state index is 0.643. The van der Waals surface area contributed by atoms with E-state index in [0.29, 0.717) is 5.95 Å². The van der Waals surface area contributed by atoms with Crippen LogP contribution in [-0.4, -0.2) is 19.5 Å². The van der Waals surface area contributed by atoms with Crippen LogP contribution in [0.4, 0.5) is 0 Å². The number of rotatable bonds is 6. The average molecular weight is 783 g/mol. The van der Waals surface area contributed by atoms with Gasteiger partial charge in [-0.1, -0.05) is 152 Å². The molecule has 8 aromatic carbocycles. The van der Waals surface area contributed by atoms with E-state index in [1.807, 2.05) is 29.7 Å². The van der Waals surface area contributed by atoms with Crippen LogP contribution in [0.2, 0.25) is 0 Å². The summed E-state index contributed by atoms with van der Waals surface area (Å²) in [5, 5.41) is 5.97. The molecule has 0 amide bonds. The predicted molar refractivity (Wildman–Crippen MR) is 252 cm³/mol. The maximum absolute atomic E-state index is 5.35. The van der Waals surface area contributed by atoms with Crippen molar-refractivity contribution < 1.29 is 0 Å². The number of hydrogen-bond donors (Lipinski definition) is 0. The number of benzene rings is 8. The van der Waals surface area contributed by atoms with Crippen molar-refractivity contribution in [1.29, 1.82) is 0 Å². The molecule has 0 aliphatic rings. The number of para-hydroxylation sites is 2. The quantitative estimate of drug-likeness (QED) is 0.169. The van der Waals surface area contributed by atoms with E-state index in [0.717, 1.165) is 66.4 Å². The summed E-state index contributed by atoms with van der Waals surface area (Å²) in [4.78, 5) is 15.4. The average Bonchev–Trinajstić information content (AvgIpc) is 3.87. The summed E-state index contributed by atoms with van der Waals surface area (Å²) in [5.74, 6) is 0.643. The van der Waals surface area contributed by atoms with E-state index >= 15 is 0 Å². The molecule has 0 fully saturated rings. The van der Waals surface area contributed by atoms with Gasteiger partial charge in [0.1, 0.15) is 0 Å². The van der Waals surface area contributed by atoms with E-state index in [1.165, 1.54) is 42.4 Å². The van der Waals surface area contributed by atoms with E-state index in [-0.39, 0.29) is 0 Å². The number of hydrogen-bond acceptors (Lipinski definition) is 4. The van der Waals surface area contributed by atoms with Crippen molar-refractivity contribution in [1.82, 2.24) is 19.5 Å². The number of pyridine rings is 1. The highest BCUT2D eigenvalue weighted by Crippen LogP contribution is 2.39. The minimum atomic E-state index is 0.643. The Morgan fingerprint density at radius 1 is 0.350 bits per heavy atom. The van der Waals surface area contributed by atoms with Gasteiger partial charge >= 0.3 is 0 Å². The Kier molecular flexibility index (Phi) is 8.00. The van der Waals surface area contributed by atoms with Crippen LogP contribution in [0.25, 0.3) is 115 Å². The minimum Gasteiger partial charge on any atom is -0.278 e. The molecule has 12 aromatic rings. The Morgan fingerprint density at radius 3 is 1.70 bits per heavy atom. The predicted octanol–water partition coefficient (Wildman–Crippen LogP) is 14.8. The van der Waals surface area contributed by atoms with Crippen molar-refractivity contribution in [2.75, 3.05) is 0 Å². The van der Waals surface area contributed by atoms with Gasteiger partial charge in [0, 0.05) is 59.2 Å². The normalized spacial score (nSPS) is 11.7. The second-order valence-electron chi connectivity index (χ2n) is 15.2. The zero-order valence-electron chi connectivity index (χ0n) is 32.3. The molecule has 0 aliphatic heterocycles. The van der Waals surface area contributed by atoms with E-state index < -0.39 is 0 Å². The van der Waals surface area contributed by atoms with Crippen molar-refractivity contribution in [2.45, 2.75) is 0 Å². The standard InChI is InChI=1S/C55H34N4S/c1-2-10-35(11-3-1)42-26-29-48(56-34-42)38-22-24-39(25-23-38)54-45-14-4-7-15-49(45)57-55(58-54)59-50-16-8-5-12-43(50)46-32-40(27-30-51(46)59)36-18-20-37(21-19-36)41-28-31-53-47(33-41)44-13-6-9-17-52(44)60-53/h1-34H. The maximum Gasteiger partial charge on any atom is 0.235 e. The topological polar surface area (TPSA) is 43.6 Å². The fourth-order valence-corrected chi connectivity index (χ4v) is 9.76. The lowest BCUT2D eigenvalue weighted by molar-refractivity contribution is 1.01. The van der Waals surface area contributed by atoms with E-state index in [2.05, 4.69) is 193 Å². The first kappa shape index (κ1) is 34.3. The molecule has 4 heterocycles. The van der Waals surface area contributed by atoms with E-state index in [9.17, 15) is 0 Å². The fourth-order valence-electron chi connectivity index (χ4n) is 8.68. The lowest BCUT2D eigenvalue weighted by atomic mass is 9.98. The summed E-state index contributed by atoms with van der Waals surface area (Å²) < 4.78 is 4.86. The molecule has 4 nitrogen and oxygen atoms in total. The van der Waals surface area contributed by atoms with Gasteiger partial charge < -0.3 is 0 Å². The van der Waals surface area contributed by atoms with Gasteiger partial charge in [-0.2, -0.15) is 0 Å². The second kappa shape index (κ2) is 14.0. The van der Waals surface area contributed by atoms with Crippen molar-refractivity contribution in [3.63, 3.8) is 0 Å². The van der Waals surface area contributed by atoms with Crippen LogP contribution in [0.5, 0.6) is 0 Å².